The molecule has 3 nitrogen and oxygen atoms in total. The lowest BCUT2D eigenvalue weighted by molar-refractivity contribution is -0.150. The molecule has 0 spiro atoms. The second-order valence-electron chi connectivity index (χ2n) is 5.01. The SMILES string of the molecule is CCCNC(C)(CCSc1ccccc1Cl)C(=O)OCC. The fourth-order valence-corrected chi connectivity index (χ4v) is 3.29. The molecule has 0 aromatic heterocycles. The number of thioether (sulfide) groups is 1. The van der Waals surface area contributed by atoms with E-state index in [1.807, 2.05) is 38.1 Å². The molecule has 1 unspecified atom stereocenters. The average molecular weight is 330 g/mol. The predicted octanol–water partition coefficient (Wildman–Crippen LogP) is 4.14. The van der Waals surface area contributed by atoms with Gasteiger partial charge in [0.25, 0.3) is 0 Å². The first-order valence-corrected chi connectivity index (χ1v) is 8.69. The number of ether oxygens (including phenoxy) is 1. The number of nitrogens with one attached hydrogen (secondary N) is 1. The smallest absolute Gasteiger partial charge is 0.326 e. The minimum atomic E-state index is -0.639. The van der Waals surface area contributed by atoms with Crippen LogP contribution in [0.5, 0.6) is 0 Å². The number of hydrogen-bond acceptors (Lipinski definition) is 4. The van der Waals surface area contributed by atoms with Gasteiger partial charge in [-0.05, 0) is 45.4 Å². The zero-order chi connectivity index (χ0) is 15.7. The minimum absolute atomic E-state index is 0.182. The van der Waals surface area contributed by atoms with Crippen LogP contribution in [0.4, 0.5) is 0 Å². The molecule has 1 aromatic carbocycles. The van der Waals surface area contributed by atoms with Crippen molar-refractivity contribution in [1.29, 1.82) is 0 Å². The predicted molar refractivity (Wildman–Crippen MR) is 90.1 cm³/mol. The standard InChI is InChI=1S/C16H24ClNO2S/c1-4-11-18-16(3,15(19)20-5-2)10-12-21-14-9-7-6-8-13(14)17/h6-9,18H,4-5,10-12H2,1-3H3. The van der Waals surface area contributed by atoms with Crippen molar-refractivity contribution in [3.63, 3.8) is 0 Å². The van der Waals surface area contributed by atoms with Crippen LogP contribution in [0.25, 0.3) is 0 Å². The maximum absolute atomic E-state index is 12.2. The van der Waals surface area contributed by atoms with Gasteiger partial charge in [-0.3, -0.25) is 4.79 Å². The monoisotopic (exact) mass is 329 g/mol. The highest BCUT2D eigenvalue weighted by molar-refractivity contribution is 7.99. The number of carbonyl (C=O) groups is 1. The molecule has 1 atom stereocenters. The van der Waals surface area contributed by atoms with Gasteiger partial charge in [-0.15, -0.1) is 11.8 Å². The van der Waals surface area contributed by atoms with Crippen molar-refractivity contribution in [3.05, 3.63) is 29.3 Å². The summed E-state index contributed by atoms with van der Waals surface area (Å²) in [4.78, 5) is 13.2. The molecule has 0 aliphatic rings. The maximum atomic E-state index is 12.2. The zero-order valence-corrected chi connectivity index (χ0v) is 14.5. The Morgan fingerprint density at radius 2 is 2.10 bits per heavy atom. The normalized spacial score (nSPS) is 13.7. The van der Waals surface area contributed by atoms with Crippen molar-refractivity contribution in [1.82, 2.24) is 5.32 Å². The molecule has 21 heavy (non-hydrogen) atoms. The third-order valence-corrected chi connectivity index (χ3v) is 4.70. The number of rotatable bonds is 9. The van der Waals surface area contributed by atoms with E-state index in [1.165, 1.54) is 0 Å². The summed E-state index contributed by atoms with van der Waals surface area (Å²) in [5, 5.41) is 4.06. The molecule has 0 heterocycles. The third-order valence-electron chi connectivity index (χ3n) is 3.19. The van der Waals surface area contributed by atoms with Gasteiger partial charge in [-0.1, -0.05) is 30.7 Å². The van der Waals surface area contributed by atoms with Crippen molar-refractivity contribution in [3.8, 4) is 0 Å². The van der Waals surface area contributed by atoms with Crippen LogP contribution in [-0.2, 0) is 9.53 Å². The summed E-state index contributed by atoms with van der Waals surface area (Å²) in [5.74, 6) is 0.619. The van der Waals surface area contributed by atoms with Gasteiger partial charge in [0.15, 0.2) is 0 Å². The van der Waals surface area contributed by atoms with Crippen LogP contribution in [0.3, 0.4) is 0 Å². The van der Waals surface area contributed by atoms with Crippen molar-refractivity contribution in [2.24, 2.45) is 0 Å². The van der Waals surface area contributed by atoms with Crippen molar-refractivity contribution >= 4 is 29.3 Å². The fraction of sp³-hybridized carbons (Fsp3) is 0.562. The molecule has 0 fully saturated rings. The largest absolute Gasteiger partial charge is 0.465 e. The third kappa shape index (κ3) is 5.89. The molecule has 0 saturated heterocycles. The number of esters is 1. The van der Waals surface area contributed by atoms with E-state index in [4.69, 9.17) is 16.3 Å². The Kier molecular flexibility index (Phi) is 8.15. The molecule has 0 aliphatic heterocycles. The Labute approximate surface area is 136 Å². The maximum Gasteiger partial charge on any atom is 0.326 e. The molecular formula is C16H24ClNO2S. The Hall–Kier alpha value is -0.710. The highest BCUT2D eigenvalue weighted by atomic mass is 35.5. The zero-order valence-electron chi connectivity index (χ0n) is 12.9. The number of halogens is 1. The van der Waals surface area contributed by atoms with Crippen LogP contribution in [0.15, 0.2) is 29.2 Å². The first kappa shape index (κ1) is 18.3. The van der Waals surface area contributed by atoms with Gasteiger partial charge < -0.3 is 10.1 Å². The van der Waals surface area contributed by atoms with Crippen LogP contribution >= 0.6 is 23.4 Å². The van der Waals surface area contributed by atoms with Crippen LogP contribution in [0.2, 0.25) is 5.02 Å². The Morgan fingerprint density at radius 1 is 1.38 bits per heavy atom. The summed E-state index contributed by atoms with van der Waals surface area (Å²) >= 11 is 7.81. The first-order valence-electron chi connectivity index (χ1n) is 7.33. The lowest BCUT2D eigenvalue weighted by atomic mass is 9.99. The molecule has 0 amide bonds. The molecule has 5 heteroatoms. The number of benzene rings is 1. The summed E-state index contributed by atoms with van der Waals surface area (Å²) in [6.45, 7) is 7.02. The summed E-state index contributed by atoms with van der Waals surface area (Å²) < 4.78 is 5.19. The topological polar surface area (TPSA) is 38.3 Å². The fourth-order valence-electron chi connectivity index (χ4n) is 1.88. The van der Waals surface area contributed by atoms with E-state index in [0.29, 0.717) is 13.0 Å². The van der Waals surface area contributed by atoms with E-state index in [0.717, 1.165) is 28.6 Å². The second-order valence-corrected chi connectivity index (χ2v) is 6.55. The Morgan fingerprint density at radius 3 is 2.71 bits per heavy atom. The molecular weight excluding hydrogens is 306 g/mol. The van der Waals surface area contributed by atoms with Gasteiger partial charge >= 0.3 is 5.97 Å². The lowest BCUT2D eigenvalue weighted by Crippen LogP contribution is -2.51. The van der Waals surface area contributed by atoms with Gasteiger partial charge in [-0.2, -0.15) is 0 Å². The average Bonchev–Trinajstić information content (AvgIpc) is 2.47. The molecule has 0 radical (unpaired) electrons. The molecule has 1 aromatic rings. The number of carbonyl (C=O) groups excluding carboxylic acids is 1. The van der Waals surface area contributed by atoms with Crippen LogP contribution in [0.1, 0.15) is 33.6 Å². The molecule has 118 valence electrons. The van der Waals surface area contributed by atoms with Gasteiger partial charge in [-0.25, -0.2) is 0 Å². The summed E-state index contributed by atoms with van der Waals surface area (Å²) in [6, 6.07) is 7.75. The van der Waals surface area contributed by atoms with Crippen LogP contribution < -0.4 is 5.32 Å². The summed E-state index contributed by atoms with van der Waals surface area (Å²) in [7, 11) is 0. The van der Waals surface area contributed by atoms with Crippen molar-refractivity contribution < 1.29 is 9.53 Å². The highest BCUT2D eigenvalue weighted by Crippen LogP contribution is 2.28. The summed E-state index contributed by atoms with van der Waals surface area (Å²) in [5.41, 5.74) is -0.639. The van der Waals surface area contributed by atoms with E-state index in [9.17, 15) is 4.79 Å². The van der Waals surface area contributed by atoms with Gasteiger partial charge in [0, 0.05) is 10.6 Å². The Bertz CT molecular complexity index is 456. The molecule has 0 saturated carbocycles. The van der Waals surface area contributed by atoms with Crippen molar-refractivity contribution in [2.75, 3.05) is 18.9 Å². The highest BCUT2D eigenvalue weighted by Gasteiger charge is 2.33. The first-order chi connectivity index (χ1) is 10.0. The van der Waals surface area contributed by atoms with E-state index in [1.54, 1.807) is 11.8 Å². The van der Waals surface area contributed by atoms with E-state index < -0.39 is 5.54 Å². The molecule has 1 rings (SSSR count). The summed E-state index contributed by atoms with van der Waals surface area (Å²) in [6.07, 6.45) is 1.67. The minimum Gasteiger partial charge on any atom is -0.465 e. The molecule has 1 N–H and O–H groups in total. The van der Waals surface area contributed by atoms with Crippen LogP contribution in [-0.4, -0.2) is 30.4 Å². The van der Waals surface area contributed by atoms with Gasteiger partial charge in [0.2, 0.25) is 0 Å². The van der Waals surface area contributed by atoms with Crippen LogP contribution in [0, 0.1) is 0 Å². The van der Waals surface area contributed by atoms with Gasteiger partial charge in [0.05, 0.1) is 11.6 Å². The molecule has 0 aliphatic carbocycles. The second kappa shape index (κ2) is 9.34. The van der Waals surface area contributed by atoms with E-state index in [2.05, 4.69) is 12.2 Å². The van der Waals surface area contributed by atoms with E-state index >= 15 is 0 Å². The number of hydrogen-bond donors (Lipinski definition) is 1. The van der Waals surface area contributed by atoms with Crippen molar-refractivity contribution in [2.45, 2.75) is 44.0 Å². The van der Waals surface area contributed by atoms with Gasteiger partial charge in [0.1, 0.15) is 5.54 Å². The molecule has 0 bridgehead atoms. The quantitative estimate of drug-likeness (QED) is 0.546. The Balaban J connectivity index is 2.60. The lowest BCUT2D eigenvalue weighted by Gasteiger charge is -2.28. The van der Waals surface area contributed by atoms with E-state index in [-0.39, 0.29) is 5.97 Å².